The Morgan fingerprint density at radius 3 is 2.88 bits per heavy atom. The van der Waals surface area contributed by atoms with Crippen molar-refractivity contribution in [2.24, 2.45) is 5.41 Å². The average molecular weight is 324 g/mol. The Morgan fingerprint density at radius 2 is 2.12 bits per heavy atom. The van der Waals surface area contributed by atoms with E-state index in [9.17, 15) is 14.4 Å². The number of carbonyl (C=O) groups excluding carboxylic acids is 3. The molecule has 0 radical (unpaired) electrons. The van der Waals surface area contributed by atoms with Gasteiger partial charge >= 0.3 is 0 Å². The SMILES string of the molecule is N#Cc1ccc2c(c1)C[C@@]1(C(=O)CC(=O)NC1=O)C1CNCCN21. The molecule has 2 saturated heterocycles. The molecule has 2 N–H and O–H groups in total. The Labute approximate surface area is 138 Å². The first-order valence-electron chi connectivity index (χ1n) is 7.94. The average Bonchev–Trinajstić information content (AvgIpc) is 2.58. The molecular weight excluding hydrogens is 308 g/mol. The van der Waals surface area contributed by atoms with Crippen LogP contribution in [0.1, 0.15) is 17.5 Å². The second-order valence-electron chi connectivity index (χ2n) is 6.49. The predicted octanol–water partition coefficient (Wildman–Crippen LogP) is -0.505. The van der Waals surface area contributed by atoms with Gasteiger partial charge in [0.25, 0.3) is 0 Å². The molecule has 2 atom stereocenters. The highest BCUT2D eigenvalue weighted by Gasteiger charge is 2.59. The molecule has 7 heteroatoms. The monoisotopic (exact) mass is 324 g/mol. The van der Waals surface area contributed by atoms with Crippen molar-refractivity contribution in [3.05, 3.63) is 29.3 Å². The number of imide groups is 1. The number of nitrogens with zero attached hydrogens (tertiary/aromatic N) is 2. The van der Waals surface area contributed by atoms with E-state index in [2.05, 4.69) is 21.6 Å². The van der Waals surface area contributed by atoms with Crippen LogP contribution in [0, 0.1) is 16.7 Å². The molecule has 3 heterocycles. The van der Waals surface area contributed by atoms with E-state index in [1.165, 1.54) is 0 Å². The summed E-state index contributed by atoms with van der Waals surface area (Å²) in [5, 5.41) is 14.7. The van der Waals surface area contributed by atoms with E-state index < -0.39 is 17.2 Å². The minimum Gasteiger partial charge on any atom is -0.364 e. The molecule has 0 saturated carbocycles. The fourth-order valence-electron chi connectivity index (χ4n) is 4.16. The summed E-state index contributed by atoms with van der Waals surface area (Å²) < 4.78 is 0. The number of fused-ring (bicyclic) bond motifs is 4. The van der Waals surface area contributed by atoms with Crippen LogP contribution in [-0.4, -0.2) is 43.3 Å². The third-order valence-electron chi connectivity index (χ3n) is 5.28. The maximum Gasteiger partial charge on any atom is 0.242 e. The molecule has 0 aliphatic carbocycles. The fourth-order valence-corrected chi connectivity index (χ4v) is 4.16. The molecular formula is C17H16N4O3. The largest absolute Gasteiger partial charge is 0.364 e. The first kappa shape index (κ1) is 14.8. The zero-order valence-electron chi connectivity index (χ0n) is 13.0. The quantitative estimate of drug-likeness (QED) is 0.492. The van der Waals surface area contributed by atoms with Crippen molar-refractivity contribution in [1.29, 1.82) is 5.26 Å². The first-order valence-corrected chi connectivity index (χ1v) is 7.94. The van der Waals surface area contributed by atoms with E-state index in [1.807, 2.05) is 6.07 Å². The molecule has 1 unspecified atom stereocenters. The summed E-state index contributed by atoms with van der Waals surface area (Å²) in [5.74, 6) is -1.39. The van der Waals surface area contributed by atoms with Crippen molar-refractivity contribution >= 4 is 23.3 Å². The standard InChI is InChI=1S/C17H16N4O3/c18-8-10-1-2-12-11(5-10)7-17(13-9-19-3-4-21(12)13)14(22)6-15(23)20-16(17)24/h1-2,5,13,19H,3-4,6-7,9H2,(H,20,23,24)/t13?,17-/m0/s1. The molecule has 122 valence electrons. The van der Waals surface area contributed by atoms with E-state index in [1.54, 1.807) is 12.1 Å². The van der Waals surface area contributed by atoms with Gasteiger partial charge in [-0.05, 0) is 30.2 Å². The summed E-state index contributed by atoms with van der Waals surface area (Å²) in [6, 6.07) is 7.15. The van der Waals surface area contributed by atoms with E-state index in [4.69, 9.17) is 5.26 Å². The van der Waals surface area contributed by atoms with Crippen molar-refractivity contribution in [1.82, 2.24) is 10.6 Å². The zero-order chi connectivity index (χ0) is 16.9. The van der Waals surface area contributed by atoms with Crippen LogP contribution in [0.4, 0.5) is 5.69 Å². The molecule has 2 amide bonds. The smallest absolute Gasteiger partial charge is 0.242 e. The number of piperidine rings is 1. The Bertz CT molecular complexity index is 791. The summed E-state index contributed by atoms with van der Waals surface area (Å²) in [7, 11) is 0. The number of rotatable bonds is 0. The lowest BCUT2D eigenvalue weighted by atomic mass is 9.65. The topological polar surface area (TPSA) is 102 Å². The summed E-state index contributed by atoms with van der Waals surface area (Å²) in [5.41, 5.74) is 0.994. The molecule has 4 rings (SSSR count). The highest BCUT2D eigenvalue weighted by Crippen LogP contribution is 2.44. The minimum atomic E-state index is -1.28. The van der Waals surface area contributed by atoms with Crippen molar-refractivity contribution < 1.29 is 14.4 Å². The number of piperazine rings is 1. The van der Waals surface area contributed by atoms with Crippen molar-refractivity contribution in [2.75, 3.05) is 24.5 Å². The lowest BCUT2D eigenvalue weighted by molar-refractivity contribution is -0.152. The highest BCUT2D eigenvalue weighted by atomic mass is 16.2. The van der Waals surface area contributed by atoms with Crippen LogP contribution >= 0.6 is 0 Å². The van der Waals surface area contributed by atoms with Gasteiger partial charge in [0.2, 0.25) is 11.8 Å². The van der Waals surface area contributed by atoms with Crippen molar-refractivity contribution in [3.63, 3.8) is 0 Å². The number of hydrogen-bond donors (Lipinski definition) is 2. The number of ketones is 1. The number of benzene rings is 1. The van der Waals surface area contributed by atoms with Gasteiger partial charge in [0.05, 0.1) is 24.1 Å². The number of carbonyl (C=O) groups is 3. The Balaban J connectivity index is 1.89. The van der Waals surface area contributed by atoms with Gasteiger partial charge in [0.15, 0.2) is 5.78 Å². The van der Waals surface area contributed by atoms with Crippen molar-refractivity contribution in [2.45, 2.75) is 18.9 Å². The summed E-state index contributed by atoms with van der Waals surface area (Å²) in [6.07, 6.45) is -0.0536. The molecule has 2 fully saturated rings. The molecule has 1 aromatic carbocycles. The fraction of sp³-hybridized carbons (Fsp3) is 0.412. The Kier molecular flexibility index (Phi) is 3.18. The van der Waals surface area contributed by atoms with E-state index in [0.29, 0.717) is 18.7 Å². The van der Waals surface area contributed by atoms with Gasteiger partial charge in [0, 0.05) is 25.3 Å². The number of hydrogen-bond acceptors (Lipinski definition) is 6. The van der Waals surface area contributed by atoms with Crippen LogP contribution in [0.25, 0.3) is 0 Å². The molecule has 0 bridgehead atoms. The lowest BCUT2D eigenvalue weighted by Gasteiger charge is -2.52. The van der Waals surface area contributed by atoms with Crippen LogP contribution in [-0.2, 0) is 20.8 Å². The van der Waals surface area contributed by atoms with Gasteiger partial charge < -0.3 is 10.2 Å². The van der Waals surface area contributed by atoms with Crippen molar-refractivity contribution in [3.8, 4) is 6.07 Å². The Morgan fingerprint density at radius 1 is 1.29 bits per heavy atom. The van der Waals surface area contributed by atoms with Crippen LogP contribution in [0.15, 0.2) is 18.2 Å². The number of nitriles is 1. The summed E-state index contributed by atoms with van der Waals surface area (Å²) >= 11 is 0. The number of nitrogens with one attached hydrogen (secondary N) is 2. The number of anilines is 1. The van der Waals surface area contributed by atoms with Crippen LogP contribution in [0.2, 0.25) is 0 Å². The van der Waals surface area contributed by atoms with E-state index >= 15 is 0 Å². The van der Waals surface area contributed by atoms with Crippen LogP contribution in [0.5, 0.6) is 0 Å². The summed E-state index contributed by atoms with van der Waals surface area (Å²) in [6.45, 7) is 1.92. The van der Waals surface area contributed by atoms with Gasteiger partial charge in [0.1, 0.15) is 5.41 Å². The summed E-state index contributed by atoms with van der Waals surface area (Å²) in [4.78, 5) is 39.2. The first-order chi connectivity index (χ1) is 11.6. The predicted molar refractivity (Wildman–Crippen MR) is 84.1 cm³/mol. The highest BCUT2D eigenvalue weighted by molar-refractivity contribution is 6.22. The Hall–Kier alpha value is -2.72. The molecule has 3 aliphatic rings. The zero-order valence-corrected chi connectivity index (χ0v) is 13.0. The van der Waals surface area contributed by atoms with E-state index in [-0.39, 0.29) is 24.7 Å². The third kappa shape index (κ3) is 1.90. The van der Waals surface area contributed by atoms with Gasteiger partial charge in [-0.15, -0.1) is 0 Å². The van der Waals surface area contributed by atoms with Crippen LogP contribution in [0.3, 0.4) is 0 Å². The molecule has 24 heavy (non-hydrogen) atoms. The van der Waals surface area contributed by atoms with Gasteiger partial charge in [-0.1, -0.05) is 0 Å². The number of amides is 2. The van der Waals surface area contributed by atoms with Gasteiger partial charge in [-0.2, -0.15) is 5.26 Å². The second kappa shape index (κ2) is 5.14. The molecule has 1 spiro atoms. The van der Waals surface area contributed by atoms with E-state index in [0.717, 1.165) is 17.8 Å². The number of Topliss-reactive ketones (excluding diaryl/α,β-unsaturated/α-hetero) is 1. The molecule has 1 aromatic rings. The molecule has 7 nitrogen and oxygen atoms in total. The molecule has 0 aromatic heterocycles. The van der Waals surface area contributed by atoms with Gasteiger partial charge in [-0.3, -0.25) is 19.7 Å². The maximum atomic E-state index is 12.8. The second-order valence-corrected chi connectivity index (χ2v) is 6.49. The molecule has 3 aliphatic heterocycles. The van der Waals surface area contributed by atoms with Gasteiger partial charge in [-0.25, -0.2) is 0 Å². The normalized spacial score (nSPS) is 28.9. The van der Waals surface area contributed by atoms with Crippen LogP contribution < -0.4 is 15.5 Å². The lowest BCUT2D eigenvalue weighted by Crippen LogP contribution is -2.71. The maximum absolute atomic E-state index is 12.8. The minimum absolute atomic E-state index is 0.221. The third-order valence-corrected chi connectivity index (χ3v) is 5.28.